The molecule has 1 aliphatic carbocycles. The molecule has 0 aliphatic heterocycles. The number of rotatable bonds is 1. The summed E-state index contributed by atoms with van der Waals surface area (Å²) in [6.07, 6.45) is 4.49. The van der Waals surface area contributed by atoms with Gasteiger partial charge < -0.3 is 10.8 Å². The summed E-state index contributed by atoms with van der Waals surface area (Å²) in [4.78, 5) is 19.8. The highest BCUT2D eigenvalue weighted by Crippen LogP contribution is 2.27. The van der Waals surface area contributed by atoms with E-state index in [-0.39, 0.29) is 11.9 Å². The van der Waals surface area contributed by atoms with Crippen molar-refractivity contribution in [3.63, 3.8) is 0 Å². The molecule has 6 heteroatoms. The van der Waals surface area contributed by atoms with E-state index in [9.17, 15) is 9.90 Å². The third-order valence-electron chi connectivity index (χ3n) is 3.25. The van der Waals surface area contributed by atoms with Crippen LogP contribution < -0.4 is 11.1 Å². The first-order valence-corrected chi connectivity index (χ1v) is 6.32. The lowest BCUT2D eigenvalue weighted by Crippen LogP contribution is -2.36. The number of aliphatic hydroxyl groups excluding tert-OH is 1. The Kier molecular flexibility index (Phi) is 4.11. The fourth-order valence-corrected chi connectivity index (χ4v) is 2.16. The van der Waals surface area contributed by atoms with E-state index in [1.165, 1.54) is 13.2 Å². The van der Waals surface area contributed by atoms with Crippen LogP contribution in [0.3, 0.4) is 0 Å². The maximum absolute atomic E-state index is 11.9. The van der Waals surface area contributed by atoms with Crippen molar-refractivity contribution in [2.24, 2.45) is 10.7 Å². The molecule has 1 aromatic heterocycles. The molecule has 0 spiro atoms. The number of carbonyl (C=O) groups is 1. The van der Waals surface area contributed by atoms with Crippen molar-refractivity contribution in [3.8, 4) is 0 Å². The number of aliphatic imine (C=N–C) groups is 1. The average molecular weight is 262 g/mol. The molecule has 1 unspecified atom stereocenters. The summed E-state index contributed by atoms with van der Waals surface area (Å²) in [6, 6.07) is 1.69. The largest absolute Gasteiger partial charge is 0.388 e. The van der Waals surface area contributed by atoms with Crippen molar-refractivity contribution >= 4 is 11.9 Å². The zero-order valence-electron chi connectivity index (χ0n) is 10.9. The number of amides is 1. The van der Waals surface area contributed by atoms with Crippen LogP contribution in [0.1, 0.15) is 47.0 Å². The Hall–Kier alpha value is -1.95. The molecule has 4 N–H and O–H groups in total. The van der Waals surface area contributed by atoms with Gasteiger partial charge >= 0.3 is 0 Å². The minimum absolute atomic E-state index is 0.0560. The van der Waals surface area contributed by atoms with Gasteiger partial charge in [-0.3, -0.25) is 20.1 Å². The highest BCUT2D eigenvalue weighted by Gasteiger charge is 2.19. The van der Waals surface area contributed by atoms with Crippen LogP contribution in [0.4, 0.5) is 0 Å². The van der Waals surface area contributed by atoms with Crippen molar-refractivity contribution in [2.45, 2.75) is 31.8 Å². The second-order valence-corrected chi connectivity index (χ2v) is 4.58. The summed E-state index contributed by atoms with van der Waals surface area (Å²) in [7, 11) is 1.49. The molecule has 1 amide bonds. The maximum atomic E-state index is 11.9. The second-order valence-electron chi connectivity index (χ2n) is 4.58. The standard InChI is InChI=1S/C13H18N4O2/c1-15-13(14)17-12(19)8-6-9-10(16-7-8)4-2-3-5-11(9)18/h6-7,11,18H,2-5H2,1H3,(H3,14,15,17,19). The zero-order chi connectivity index (χ0) is 13.8. The number of aromatic nitrogens is 1. The van der Waals surface area contributed by atoms with Crippen molar-refractivity contribution < 1.29 is 9.90 Å². The number of carbonyl (C=O) groups excluding carboxylic acids is 1. The smallest absolute Gasteiger partial charge is 0.259 e. The van der Waals surface area contributed by atoms with E-state index in [0.29, 0.717) is 12.0 Å². The van der Waals surface area contributed by atoms with Crippen LogP contribution in [-0.2, 0) is 6.42 Å². The first-order valence-electron chi connectivity index (χ1n) is 6.32. The molecule has 0 aromatic carbocycles. The van der Waals surface area contributed by atoms with E-state index in [0.717, 1.165) is 30.5 Å². The molecule has 6 nitrogen and oxygen atoms in total. The zero-order valence-corrected chi connectivity index (χ0v) is 10.9. The SMILES string of the molecule is CN=C(N)NC(=O)c1cnc2c(c1)C(O)CCCC2. The molecule has 2 rings (SSSR count). The van der Waals surface area contributed by atoms with Crippen LogP contribution in [0.5, 0.6) is 0 Å². The summed E-state index contributed by atoms with van der Waals surface area (Å²) in [5, 5.41) is 12.5. The first kappa shape index (κ1) is 13.5. The quantitative estimate of drug-likeness (QED) is 0.390. The minimum atomic E-state index is -0.546. The molecular formula is C13H18N4O2. The Labute approximate surface area is 111 Å². The molecule has 102 valence electrons. The first-order chi connectivity index (χ1) is 9.11. The molecule has 1 heterocycles. The number of fused-ring (bicyclic) bond motifs is 1. The van der Waals surface area contributed by atoms with E-state index in [1.54, 1.807) is 6.07 Å². The summed E-state index contributed by atoms with van der Waals surface area (Å²) in [6.45, 7) is 0. The van der Waals surface area contributed by atoms with Gasteiger partial charge in [0, 0.05) is 24.5 Å². The number of aliphatic hydroxyl groups is 1. The van der Waals surface area contributed by atoms with Crippen LogP contribution >= 0.6 is 0 Å². The van der Waals surface area contributed by atoms with Crippen LogP contribution in [0.25, 0.3) is 0 Å². The van der Waals surface area contributed by atoms with Crippen molar-refractivity contribution in [3.05, 3.63) is 29.1 Å². The molecule has 0 fully saturated rings. The number of guanidine groups is 1. The van der Waals surface area contributed by atoms with Crippen LogP contribution in [-0.4, -0.2) is 29.0 Å². The van der Waals surface area contributed by atoms with Crippen LogP contribution in [0.15, 0.2) is 17.3 Å². The maximum Gasteiger partial charge on any atom is 0.259 e. The molecule has 0 saturated heterocycles. The Morgan fingerprint density at radius 1 is 1.58 bits per heavy atom. The molecule has 1 aliphatic rings. The van der Waals surface area contributed by atoms with Gasteiger partial charge in [0.15, 0.2) is 5.96 Å². The Bertz CT molecular complexity index is 513. The highest BCUT2D eigenvalue weighted by atomic mass is 16.3. The topological polar surface area (TPSA) is 101 Å². The monoisotopic (exact) mass is 262 g/mol. The molecule has 0 bridgehead atoms. The van der Waals surface area contributed by atoms with Gasteiger partial charge in [-0.25, -0.2) is 0 Å². The number of nitrogens with zero attached hydrogens (tertiary/aromatic N) is 2. The predicted molar refractivity (Wildman–Crippen MR) is 71.8 cm³/mol. The van der Waals surface area contributed by atoms with Crippen LogP contribution in [0.2, 0.25) is 0 Å². The fraction of sp³-hybridized carbons (Fsp3) is 0.462. The summed E-state index contributed by atoms with van der Waals surface area (Å²) < 4.78 is 0. The number of hydrogen-bond donors (Lipinski definition) is 3. The van der Waals surface area contributed by atoms with Gasteiger partial charge in [0.05, 0.1) is 11.7 Å². The predicted octanol–water partition coefficient (Wildman–Crippen LogP) is 0.516. The fourth-order valence-electron chi connectivity index (χ4n) is 2.16. The van der Waals surface area contributed by atoms with Crippen molar-refractivity contribution in [1.82, 2.24) is 10.3 Å². The Morgan fingerprint density at radius 3 is 3.11 bits per heavy atom. The summed E-state index contributed by atoms with van der Waals surface area (Å²) in [5.74, 6) is -0.310. The molecular weight excluding hydrogens is 244 g/mol. The van der Waals surface area contributed by atoms with E-state index in [1.807, 2.05) is 0 Å². The second kappa shape index (κ2) is 5.79. The summed E-state index contributed by atoms with van der Waals surface area (Å²) >= 11 is 0. The van der Waals surface area contributed by atoms with Gasteiger partial charge in [-0.1, -0.05) is 6.42 Å². The van der Waals surface area contributed by atoms with Gasteiger partial charge in [-0.15, -0.1) is 0 Å². The molecule has 0 saturated carbocycles. The van der Waals surface area contributed by atoms with E-state index >= 15 is 0 Å². The third kappa shape index (κ3) is 3.08. The number of pyridine rings is 1. The van der Waals surface area contributed by atoms with Gasteiger partial charge in [0.2, 0.25) is 0 Å². The third-order valence-corrected chi connectivity index (χ3v) is 3.25. The molecule has 1 aromatic rings. The van der Waals surface area contributed by atoms with Gasteiger partial charge in [0.1, 0.15) is 0 Å². The van der Waals surface area contributed by atoms with Gasteiger partial charge in [-0.2, -0.15) is 0 Å². The Morgan fingerprint density at radius 2 is 2.37 bits per heavy atom. The minimum Gasteiger partial charge on any atom is -0.388 e. The Balaban J connectivity index is 2.27. The number of aryl methyl sites for hydroxylation is 1. The molecule has 0 radical (unpaired) electrons. The lowest BCUT2D eigenvalue weighted by molar-refractivity contribution is 0.0976. The van der Waals surface area contributed by atoms with E-state index in [2.05, 4.69) is 15.3 Å². The summed E-state index contributed by atoms with van der Waals surface area (Å²) in [5.41, 5.74) is 7.45. The lowest BCUT2D eigenvalue weighted by Gasteiger charge is -2.12. The molecule has 19 heavy (non-hydrogen) atoms. The lowest BCUT2D eigenvalue weighted by atomic mass is 10.0. The number of nitrogens with two attached hydrogens (primary N) is 1. The number of nitrogens with one attached hydrogen (secondary N) is 1. The van der Waals surface area contributed by atoms with Gasteiger partial charge in [0.25, 0.3) is 5.91 Å². The van der Waals surface area contributed by atoms with Crippen molar-refractivity contribution in [1.29, 1.82) is 0 Å². The molecule has 1 atom stereocenters. The van der Waals surface area contributed by atoms with Crippen molar-refractivity contribution in [2.75, 3.05) is 7.05 Å². The van der Waals surface area contributed by atoms with E-state index in [4.69, 9.17) is 5.73 Å². The van der Waals surface area contributed by atoms with E-state index < -0.39 is 6.10 Å². The average Bonchev–Trinajstić information content (AvgIpc) is 2.60. The number of hydrogen-bond acceptors (Lipinski definition) is 4. The van der Waals surface area contributed by atoms with Crippen LogP contribution in [0, 0.1) is 0 Å². The highest BCUT2D eigenvalue weighted by molar-refractivity contribution is 6.05. The van der Waals surface area contributed by atoms with Gasteiger partial charge in [-0.05, 0) is 25.3 Å². The normalized spacial score (nSPS) is 19.5.